The van der Waals surface area contributed by atoms with E-state index in [-0.39, 0.29) is 29.5 Å². The third kappa shape index (κ3) is 4.79. The smallest absolute Gasteiger partial charge is 0.157 e. The van der Waals surface area contributed by atoms with Gasteiger partial charge in [-0.2, -0.15) is 0 Å². The number of hydrogen-bond acceptors (Lipinski definition) is 5. The lowest BCUT2D eigenvalue weighted by atomic mass is 10.3. The van der Waals surface area contributed by atoms with Crippen LogP contribution in [-0.4, -0.2) is 67.5 Å². The topological polar surface area (TPSA) is 61.8 Å². The van der Waals surface area contributed by atoms with Crippen LogP contribution in [0.25, 0.3) is 0 Å². The van der Waals surface area contributed by atoms with Crippen LogP contribution >= 0.6 is 24.2 Å². The molecule has 2 atom stereocenters. The Morgan fingerprint density at radius 2 is 2.05 bits per heavy atom. The summed E-state index contributed by atoms with van der Waals surface area (Å²) in [5.41, 5.74) is 0. The minimum absolute atomic E-state index is 0. The summed E-state index contributed by atoms with van der Waals surface area (Å²) in [6.07, 6.45) is 1.06. The number of fused-ring (bicyclic) bond motifs is 1. The number of nitrogens with one attached hydrogen (secondary N) is 1. The molecule has 2 aliphatic rings. The monoisotopic (exact) mass is 341 g/mol. The molecule has 0 spiro atoms. The fraction of sp³-hybridized carbons (Fsp3) is 0.917. The largest absolute Gasteiger partial charge is 0.360 e. The van der Waals surface area contributed by atoms with Crippen molar-refractivity contribution in [3.05, 3.63) is 0 Å². The third-order valence-electron chi connectivity index (χ3n) is 3.65. The summed E-state index contributed by atoms with van der Waals surface area (Å²) in [6, 6.07) is 0.0801. The van der Waals surface area contributed by atoms with Gasteiger partial charge in [-0.15, -0.1) is 12.4 Å². The first-order valence-corrected chi connectivity index (χ1v) is 9.64. The fourth-order valence-electron chi connectivity index (χ4n) is 2.50. The Balaban J connectivity index is 0.00000200. The molecule has 2 aliphatic heterocycles. The second kappa shape index (κ2) is 7.87. The number of halogens is 1. The van der Waals surface area contributed by atoms with E-state index < -0.39 is 9.84 Å². The second-order valence-corrected chi connectivity index (χ2v) is 8.43. The van der Waals surface area contributed by atoms with Crippen molar-refractivity contribution < 1.29 is 8.42 Å². The Bertz CT molecular complexity index is 416. The molecule has 8 heteroatoms. The molecule has 2 fully saturated rings. The van der Waals surface area contributed by atoms with Crippen molar-refractivity contribution >= 4 is 39.2 Å². The molecule has 2 heterocycles. The van der Waals surface area contributed by atoms with Gasteiger partial charge in [0.15, 0.2) is 15.0 Å². The van der Waals surface area contributed by atoms with Gasteiger partial charge in [0.2, 0.25) is 0 Å². The number of amidine groups is 1. The molecular weight excluding hydrogens is 318 g/mol. The molecule has 2 unspecified atom stereocenters. The van der Waals surface area contributed by atoms with Crippen LogP contribution in [0.15, 0.2) is 4.99 Å². The molecule has 2 saturated heterocycles. The normalized spacial score (nSPS) is 29.2. The Hall–Kier alpha value is 0.0200. The molecule has 118 valence electrons. The lowest BCUT2D eigenvalue weighted by Gasteiger charge is -2.16. The van der Waals surface area contributed by atoms with Crippen LogP contribution in [0.4, 0.5) is 0 Å². The first kappa shape index (κ1) is 18.1. The van der Waals surface area contributed by atoms with E-state index in [4.69, 9.17) is 0 Å². The highest BCUT2D eigenvalue weighted by Gasteiger charge is 2.43. The van der Waals surface area contributed by atoms with E-state index in [1.807, 2.05) is 0 Å². The van der Waals surface area contributed by atoms with Crippen LogP contribution in [0.3, 0.4) is 0 Å². The molecule has 0 aromatic heterocycles. The van der Waals surface area contributed by atoms with Crippen molar-refractivity contribution in [3.63, 3.8) is 0 Å². The molecule has 0 saturated carbocycles. The molecule has 1 N–H and O–H groups in total. The van der Waals surface area contributed by atoms with Gasteiger partial charge in [0.1, 0.15) is 0 Å². The van der Waals surface area contributed by atoms with Crippen molar-refractivity contribution in [3.8, 4) is 0 Å². The predicted molar refractivity (Wildman–Crippen MR) is 88.9 cm³/mol. The minimum atomic E-state index is -2.82. The number of sulfone groups is 1. The summed E-state index contributed by atoms with van der Waals surface area (Å²) >= 11 is 1.60. The summed E-state index contributed by atoms with van der Waals surface area (Å²) in [6.45, 7) is 8.41. The molecule has 5 nitrogen and oxygen atoms in total. The maximum absolute atomic E-state index is 11.5. The van der Waals surface area contributed by atoms with E-state index in [1.165, 1.54) is 0 Å². The summed E-state index contributed by atoms with van der Waals surface area (Å²) in [5.74, 6) is 0.566. The lowest BCUT2D eigenvalue weighted by molar-refractivity contribution is 0.302. The summed E-state index contributed by atoms with van der Waals surface area (Å²) in [4.78, 5) is 6.93. The van der Waals surface area contributed by atoms with Gasteiger partial charge < -0.3 is 10.2 Å². The molecule has 0 amide bonds. The number of hydrogen-bond donors (Lipinski definition) is 1. The van der Waals surface area contributed by atoms with E-state index >= 15 is 0 Å². The van der Waals surface area contributed by atoms with Crippen molar-refractivity contribution in [1.29, 1.82) is 0 Å². The van der Waals surface area contributed by atoms with E-state index in [0.29, 0.717) is 5.75 Å². The van der Waals surface area contributed by atoms with Crippen LogP contribution in [0, 0.1) is 0 Å². The maximum atomic E-state index is 11.5. The van der Waals surface area contributed by atoms with E-state index in [1.54, 1.807) is 11.8 Å². The average molecular weight is 342 g/mol. The average Bonchev–Trinajstić information content (AvgIpc) is 2.82. The molecule has 0 aliphatic carbocycles. The van der Waals surface area contributed by atoms with Gasteiger partial charge in [0.05, 0.1) is 17.5 Å². The van der Waals surface area contributed by atoms with Crippen LogP contribution in [-0.2, 0) is 9.84 Å². The van der Waals surface area contributed by atoms with Gasteiger partial charge in [0.25, 0.3) is 0 Å². The van der Waals surface area contributed by atoms with Gasteiger partial charge >= 0.3 is 0 Å². The summed E-state index contributed by atoms with van der Waals surface area (Å²) < 4.78 is 22.9. The van der Waals surface area contributed by atoms with Crippen LogP contribution in [0.1, 0.15) is 20.3 Å². The van der Waals surface area contributed by atoms with E-state index in [0.717, 1.165) is 37.8 Å². The zero-order chi connectivity index (χ0) is 13.9. The van der Waals surface area contributed by atoms with E-state index in [9.17, 15) is 8.42 Å². The van der Waals surface area contributed by atoms with Gasteiger partial charge in [-0.05, 0) is 26.1 Å². The van der Waals surface area contributed by atoms with Crippen molar-refractivity contribution in [2.45, 2.75) is 31.6 Å². The standard InChI is InChI=1S/C12H23N3O2S2.ClH/c1-3-15(4-2)7-5-6-13-12-14-10-8-19(16,17)9-11(10)18-12;/h10-11H,3-9H2,1-2H3,(H,13,14);1H. The first-order valence-electron chi connectivity index (χ1n) is 6.94. The van der Waals surface area contributed by atoms with Crippen LogP contribution in [0.5, 0.6) is 0 Å². The maximum Gasteiger partial charge on any atom is 0.157 e. The summed E-state index contributed by atoms with van der Waals surface area (Å²) in [5, 5.41) is 4.35. The Morgan fingerprint density at radius 1 is 1.35 bits per heavy atom. The molecule has 2 rings (SSSR count). The molecule has 0 radical (unpaired) electrons. The highest BCUT2D eigenvalue weighted by molar-refractivity contribution is 8.15. The third-order valence-corrected chi connectivity index (χ3v) is 6.87. The number of nitrogens with zero attached hydrogens (tertiary/aromatic N) is 2. The number of rotatable bonds is 6. The highest BCUT2D eigenvalue weighted by atomic mass is 35.5. The van der Waals surface area contributed by atoms with E-state index in [2.05, 4.69) is 29.1 Å². The van der Waals surface area contributed by atoms with Crippen molar-refractivity contribution in [1.82, 2.24) is 10.2 Å². The van der Waals surface area contributed by atoms with Crippen LogP contribution < -0.4 is 5.32 Å². The molecule has 0 bridgehead atoms. The second-order valence-electron chi connectivity index (χ2n) is 5.05. The van der Waals surface area contributed by atoms with Gasteiger partial charge in [-0.3, -0.25) is 4.99 Å². The Morgan fingerprint density at radius 3 is 2.65 bits per heavy atom. The number of thioether (sulfide) groups is 1. The highest BCUT2D eigenvalue weighted by Crippen LogP contribution is 2.31. The van der Waals surface area contributed by atoms with Crippen molar-refractivity contribution in [2.24, 2.45) is 4.99 Å². The Labute approximate surface area is 132 Å². The zero-order valence-electron chi connectivity index (χ0n) is 12.0. The lowest BCUT2D eigenvalue weighted by Crippen LogP contribution is -2.31. The molecule has 0 aromatic rings. The molecular formula is C12H24ClN3O2S2. The first-order chi connectivity index (χ1) is 9.04. The van der Waals surface area contributed by atoms with Gasteiger partial charge in [0, 0.05) is 11.8 Å². The Kier molecular flexibility index (Phi) is 7.11. The fourth-order valence-corrected chi connectivity index (χ4v) is 6.25. The SMILES string of the molecule is CCN(CC)CCCN=C1NC2CS(=O)(=O)CC2S1.Cl. The van der Waals surface area contributed by atoms with Gasteiger partial charge in [-0.25, -0.2) is 8.42 Å². The summed E-state index contributed by atoms with van der Waals surface area (Å²) in [7, 11) is -2.82. The molecule has 20 heavy (non-hydrogen) atoms. The molecule has 0 aromatic carbocycles. The number of aliphatic imine (C=N–C) groups is 1. The predicted octanol–water partition coefficient (Wildman–Crippen LogP) is 0.998. The van der Waals surface area contributed by atoms with Gasteiger partial charge in [-0.1, -0.05) is 25.6 Å². The van der Waals surface area contributed by atoms with Crippen molar-refractivity contribution in [2.75, 3.05) is 37.7 Å². The zero-order valence-corrected chi connectivity index (χ0v) is 14.5. The van der Waals surface area contributed by atoms with Crippen LogP contribution in [0.2, 0.25) is 0 Å². The quantitative estimate of drug-likeness (QED) is 0.730. The minimum Gasteiger partial charge on any atom is -0.360 e.